The SMILES string of the molecule is O=C(O)CNc1ncnc2c1ncn2[C@@H]1O[C@H](COP(=O)(O)O)[C@@H](O)[C@H]1O. The minimum atomic E-state index is -4.77. The van der Waals surface area contributed by atoms with Gasteiger partial charge in [-0.05, 0) is 0 Å². The van der Waals surface area contributed by atoms with Crippen molar-refractivity contribution in [1.82, 2.24) is 19.5 Å². The second kappa shape index (κ2) is 7.44. The van der Waals surface area contributed by atoms with Crippen LogP contribution in [0.2, 0.25) is 0 Å². The molecular formula is C12H16N5O9P. The van der Waals surface area contributed by atoms with Crippen LogP contribution in [-0.4, -0.2) is 82.1 Å². The minimum Gasteiger partial charge on any atom is -0.480 e. The first kappa shape index (κ1) is 19.6. The Labute approximate surface area is 150 Å². The van der Waals surface area contributed by atoms with Gasteiger partial charge >= 0.3 is 13.8 Å². The van der Waals surface area contributed by atoms with Crippen molar-refractivity contribution in [1.29, 1.82) is 0 Å². The average molecular weight is 405 g/mol. The molecule has 1 fully saturated rings. The zero-order chi connectivity index (χ0) is 19.8. The Morgan fingerprint density at radius 2 is 2.04 bits per heavy atom. The Balaban J connectivity index is 1.83. The maximum absolute atomic E-state index is 10.8. The second-order valence-corrected chi connectivity index (χ2v) is 6.87. The quantitative estimate of drug-likeness (QED) is 0.277. The van der Waals surface area contributed by atoms with Gasteiger partial charge in [0, 0.05) is 0 Å². The molecule has 15 heteroatoms. The highest BCUT2D eigenvalue weighted by molar-refractivity contribution is 7.46. The van der Waals surface area contributed by atoms with Gasteiger partial charge in [-0.2, -0.15) is 0 Å². The molecular weight excluding hydrogens is 389 g/mol. The Hall–Kier alpha value is -2.19. The summed E-state index contributed by atoms with van der Waals surface area (Å²) >= 11 is 0. The number of nitrogens with zero attached hydrogens (tertiary/aromatic N) is 4. The number of phosphoric ester groups is 1. The number of carboxylic acids is 1. The molecule has 0 aliphatic carbocycles. The average Bonchev–Trinajstić information content (AvgIpc) is 3.13. The van der Waals surface area contributed by atoms with E-state index in [2.05, 4.69) is 24.8 Å². The molecule has 1 aliphatic heterocycles. The van der Waals surface area contributed by atoms with E-state index in [1.54, 1.807) is 0 Å². The van der Waals surface area contributed by atoms with Crippen molar-refractivity contribution in [2.45, 2.75) is 24.5 Å². The molecule has 2 aromatic heterocycles. The van der Waals surface area contributed by atoms with Crippen molar-refractivity contribution >= 4 is 30.8 Å². The van der Waals surface area contributed by atoms with Gasteiger partial charge in [0.15, 0.2) is 23.2 Å². The summed E-state index contributed by atoms with van der Waals surface area (Å²) in [5.41, 5.74) is 0.393. The molecule has 0 saturated carbocycles. The third-order valence-electron chi connectivity index (χ3n) is 3.78. The largest absolute Gasteiger partial charge is 0.480 e. The molecule has 0 amide bonds. The van der Waals surface area contributed by atoms with E-state index in [-0.39, 0.29) is 17.0 Å². The molecule has 0 radical (unpaired) electrons. The van der Waals surface area contributed by atoms with Gasteiger partial charge in [0.25, 0.3) is 0 Å². The highest BCUT2D eigenvalue weighted by atomic mass is 31.2. The molecule has 0 aromatic carbocycles. The van der Waals surface area contributed by atoms with Crippen LogP contribution >= 0.6 is 7.82 Å². The Morgan fingerprint density at radius 1 is 1.30 bits per heavy atom. The van der Waals surface area contributed by atoms with Gasteiger partial charge in [-0.3, -0.25) is 13.9 Å². The molecule has 1 aliphatic rings. The van der Waals surface area contributed by atoms with E-state index in [1.807, 2.05) is 0 Å². The minimum absolute atomic E-state index is 0.149. The lowest BCUT2D eigenvalue weighted by Crippen LogP contribution is -2.33. The maximum atomic E-state index is 10.8. The lowest BCUT2D eigenvalue weighted by molar-refractivity contribution is -0.134. The van der Waals surface area contributed by atoms with Crippen molar-refractivity contribution in [3.63, 3.8) is 0 Å². The highest BCUT2D eigenvalue weighted by Crippen LogP contribution is 2.38. The summed E-state index contributed by atoms with van der Waals surface area (Å²) in [6, 6.07) is 0. The van der Waals surface area contributed by atoms with Crippen molar-refractivity contribution in [3.05, 3.63) is 12.7 Å². The summed E-state index contributed by atoms with van der Waals surface area (Å²) in [5.74, 6) is -0.956. The smallest absolute Gasteiger partial charge is 0.469 e. The predicted octanol–water partition coefficient (Wildman–Crippen LogP) is -1.95. The Bertz CT molecular complexity index is 885. The summed E-state index contributed by atoms with van der Waals surface area (Å²) in [6.07, 6.45) is -2.92. The zero-order valence-electron chi connectivity index (χ0n) is 13.5. The zero-order valence-corrected chi connectivity index (χ0v) is 14.4. The van der Waals surface area contributed by atoms with Crippen molar-refractivity contribution < 1.29 is 43.7 Å². The summed E-state index contributed by atoms with van der Waals surface area (Å²) in [7, 11) is -4.77. The van der Waals surface area contributed by atoms with Crippen LogP contribution in [-0.2, 0) is 18.6 Å². The summed E-state index contributed by atoms with van der Waals surface area (Å²) < 4.78 is 21.9. The number of imidazole rings is 1. The van der Waals surface area contributed by atoms with Gasteiger partial charge in [0.2, 0.25) is 0 Å². The normalized spacial score (nSPS) is 25.8. The van der Waals surface area contributed by atoms with Crippen molar-refractivity contribution in [2.75, 3.05) is 18.5 Å². The maximum Gasteiger partial charge on any atom is 0.469 e. The summed E-state index contributed by atoms with van der Waals surface area (Å²) in [5, 5.41) is 31.6. The van der Waals surface area contributed by atoms with E-state index in [0.717, 1.165) is 6.33 Å². The molecule has 6 N–H and O–H groups in total. The number of fused-ring (bicyclic) bond motifs is 1. The van der Waals surface area contributed by atoms with Gasteiger partial charge < -0.3 is 35.2 Å². The van der Waals surface area contributed by atoms with Crippen LogP contribution in [0, 0.1) is 0 Å². The second-order valence-electron chi connectivity index (χ2n) is 5.63. The number of carbonyl (C=O) groups is 1. The third-order valence-corrected chi connectivity index (χ3v) is 4.27. The van der Waals surface area contributed by atoms with Crippen LogP contribution < -0.4 is 5.32 Å². The Morgan fingerprint density at radius 3 is 2.70 bits per heavy atom. The van der Waals surface area contributed by atoms with E-state index >= 15 is 0 Å². The number of hydrogen-bond donors (Lipinski definition) is 6. The third kappa shape index (κ3) is 4.22. The fraction of sp³-hybridized carbons (Fsp3) is 0.500. The van der Waals surface area contributed by atoms with Crippen LogP contribution in [0.15, 0.2) is 12.7 Å². The van der Waals surface area contributed by atoms with Crippen LogP contribution in [0.3, 0.4) is 0 Å². The van der Waals surface area contributed by atoms with E-state index in [9.17, 15) is 19.6 Å². The topological polar surface area (TPSA) is 209 Å². The number of phosphoric acid groups is 1. The molecule has 0 bridgehead atoms. The van der Waals surface area contributed by atoms with Crippen LogP contribution in [0.5, 0.6) is 0 Å². The molecule has 2 aromatic rings. The number of aliphatic hydroxyl groups excluding tert-OH is 2. The molecule has 27 heavy (non-hydrogen) atoms. The number of rotatable bonds is 7. The number of aliphatic carboxylic acids is 1. The van der Waals surface area contributed by atoms with Crippen molar-refractivity contribution in [3.8, 4) is 0 Å². The standard InChI is InChI=1S/C12H16N5O9P/c18-6(19)1-13-10-7-11(15-3-14-10)17(4-16-7)12-9(21)8(20)5(26-12)2-25-27(22,23)24/h3-5,8-9,12,20-21H,1-2H2,(H,18,19)(H,13,14,15)(H2,22,23,24)/t5-,8-,9-,12-/m1/s1. The van der Waals surface area contributed by atoms with E-state index in [0.29, 0.717) is 0 Å². The first-order chi connectivity index (χ1) is 12.7. The lowest BCUT2D eigenvalue weighted by atomic mass is 10.1. The fourth-order valence-electron chi connectivity index (χ4n) is 2.59. The first-order valence-corrected chi connectivity index (χ1v) is 9.05. The van der Waals surface area contributed by atoms with E-state index < -0.39 is 51.5 Å². The first-order valence-electron chi connectivity index (χ1n) is 7.52. The van der Waals surface area contributed by atoms with Gasteiger partial charge in [-0.15, -0.1) is 0 Å². The molecule has 3 rings (SSSR count). The van der Waals surface area contributed by atoms with Gasteiger partial charge in [-0.1, -0.05) is 0 Å². The number of hydrogen-bond acceptors (Lipinski definition) is 10. The number of aromatic nitrogens is 4. The molecule has 1 saturated heterocycles. The fourth-order valence-corrected chi connectivity index (χ4v) is 2.94. The van der Waals surface area contributed by atoms with Crippen LogP contribution in [0.1, 0.15) is 6.23 Å². The predicted molar refractivity (Wildman–Crippen MR) is 85.4 cm³/mol. The number of aliphatic hydroxyl groups is 2. The van der Waals surface area contributed by atoms with Crippen molar-refractivity contribution in [2.24, 2.45) is 0 Å². The Kier molecular flexibility index (Phi) is 5.39. The van der Waals surface area contributed by atoms with E-state index in [1.165, 1.54) is 10.9 Å². The van der Waals surface area contributed by atoms with Crippen LogP contribution in [0.25, 0.3) is 11.2 Å². The molecule has 3 heterocycles. The van der Waals surface area contributed by atoms with Gasteiger partial charge in [0.1, 0.15) is 31.2 Å². The van der Waals surface area contributed by atoms with Gasteiger partial charge in [0.05, 0.1) is 12.9 Å². The van der Waals surface area contributed by atoms with Crippen LogP contribution in [0.4, 0.5) is 5.82 Å². The van der Waals surface area contributed by atoms with E-state index in [4.69, 9.17) is 19.6 Å². The van der Waals surface area contributed by atoms with Gasteiger partial charge in [-0.25, -0.2) is 19.5 Å². The molecule has 4 atom stereocenters. The molecule has 0 spiro atoms. The lowest BCUT2D eigenvalue weighted by Gasteiger charge is -2.16. The molecule has 148 valence electrons. The highest BCUT2D eigenvalue weighted by Gasteiger charge is 2.45. The number of anilines is 1. The molecule has 0 unspecified atom stereocenters. The number of nitrogens with one attached hydrogen (secondary N) is 1. The monoisotopic (exact) mass is 405 g/mol. The number of carboxylic acid groups (broad SMARTS) is 1. The summed E-state index contributed by atoms with van der Waals surface area (Å²) in [6.45, 7) is -1.05. The summed E-state index contributed by atoms with van der Waals surface area (Å²) in [4.78, 5) is 40.2. The molecule has 14 nitrogen and oxygen atoms in total. The number of ether oxygens (including phenoxy) is 1.